The lowest BCUT2D eigenvalue weighted by Gasteiger charge is -2.08. The molecule has 25 heavy (non-hydrogen) atoms. The molecule has 2 aromatic rings. The van der Waals surface area contributed by atoms with E-state index in [1.807, 2.05) is 24.3 Å². The Morgan fingerprint density at radius 3 is 1.32 bits per heavy atom. The molecular formula is C19H28Cl2N2O2. The van der Waals surface area contributed by atoms with E-state index in [1.54, 1.807) is 14.2 Å². The van der Waals surface area contributed by atoms with Crippen LogP contribution in [0.25, 0.3) is 0 Å². The average molecular weight is 387 g/mol. The van der Waals surface area contributed by atoms with E-state index < -0.39 is 0 Å². The Labute approximate surface area is 163 Å². The quantitative estimate of drug-likeness (QED) is 0.609. The topological polar surface area (TPSA) is 42.5 Å². The summed E-state index contributed by atoms with van der Waals surface area (Å²) < 4.78 is 10.3. The average Bonchev–Trinajstić information content (AvgIpc) is 2.62. The van der Waals surface area contributed by atoms with Crippen LogP contribution in [0, 0.1) is 0 Å². The summed E-state index contributed by atoms with van der Waals surface area (Å²) in [4.78, 5) is 0. The number of benzene rings is 2. The number of methoxy groups -OCH3 is 2. The van der Waals surface area contributed by atoms with Gasteiger partial charge in [0.1, 0.15) is 11.5 Å². The molecule has 0 aliphatic carbocycles. The summed E-state index contributed by atoms with van der Waals surface area (Å²) in [6.07, 6.45) is 1.10. The SMILES string of the molecule is COc1ccc(CNCCCNCc2ccc(OC)cc2)cc1.Cl.Cl. The van der Waals surface area contributed by atoms with Crippen LogP contribution in [0.4, 0.5) is 0 Å². The van der Waals surface area contributed by atoms with Gasteiger partial charge in [0.25, 0.3) is 0 Å². The molecule has 0 radical (unpaired) electrons. The lowest BCUT2D eigenvalue weighted by atomic mass is 10.2. The van der Waals surface area contributed by atoms with Crippen LogP contribution >= 0.6 is 24.8 Å². The van der Waals surface area contributed by atoms with Gasteiger partial charge >= 0.3 is 0 Å². The summed E-state index contributed by atoms with van der Waals surface area (Å²) in [6, 6.07) is 16.3. The van der Waals surface area contributed by atoms with E-state index in [4.69, 9.17) is 9.47 Å². The van der Waals surface area contributed by atoms with Crippen LogP contribution in [0.15, 0.2) is 48.5 Å². The third-order valence-electron chi connectivity index (χ3n) is 3.68. The fraction of sp³-hybridized carbons (Fsp3) is 0.368. The van der Waals surface area contributed by atoms with Crippen molar-refractivity contribution in [3.05, 3.63) is 59.7 Å². The molecule has 140 valence electrons. The van der Waals surface area contributed by atoms with E-state index in [9.17, 15) is 0 Å². The molecule has 0 amide bonds. The Bertz CT molecular complexity index is 511. The molecule has 2 aromatic carbocycles. The molecule has 0 heterocycles. The second kappa shape index (κ2) is 13.8. The van der Waals surface area contributed by atoms with E-state index >= 15 is 0 Å². The van der Waals surface area contributed by atoms with Crippen LogP contribution < -0.4 is 20.1 Å². The van der Waals surface area contributed by atoms with E-state index in [-0.39, 0.29) is 24.8 Å². The van der Waals surface area contributed by atoms with Crippen molar-refractivity contribution in [2.45, 2.75) is 19.5 Å². The highest BCUT2D eigenvalue weighted by Crippen LogP contribution is 2.11. The second-order valence-electron chi connectivity index (χ2n) is 5.40. The minimum atomic E-state index is 0. The minimum Gasteiger partial charge on any atom is -0.497 e. The fourth-order valence-electron chi connectivity index (χ4n) is 2.29. The number of hydrogen-bond donors (Lipinski definition) is 2. The van der Waals surface area contributed by atoms with Gasteiger partial charge in [-0.05, 0) is 54.9 Å². The summed E-state index contributed by atoms with van der Waals surface area (Å²) in [5.41, 5.74) is 2.55. The summed E-state index contributed by atoms with van der Waals surface area (Å²) in [7, 11) is 3.37. The van der Waals surface area contributed by atoms with Crippen LogP contribution in [0.3, 0.4) is 0 Å². The Morgan fingerprint density at radius 1 is 0.640 bits per heavy atom. The van der Waals surface area contributed by atoms with Crippen molar-refractivity contribution in [3.8, 4) is 11.5 Å². The summed E-state index contributed by atoms with van der Waals surface area (Å²) in [6.45, 7) is 3.79. The van der Waals surface area contributed by atoms with Gasteiger partial charge in [0.05, 0.1) is 14.2 Å². The highest BCUT2D eigenvalue weighted by atomic mass is 35.5. The first-order chi connectivity index (χ1) is 11.3. The smallest absolute Gasteiger partial charge is 0.118 e. The predicted molar refractivity (Wildman–Crippen MR) is 109 cm³/mol. The minimum absolute atomic E-state index is 0. The molecule has 0 spiro atoms. The monoisotopic (exact) mass is 386 g/mol. The Hall–Kier alpha value is -1.46. The summed E-state index contributed by atoms with van der Waals surface area (Å²) >= 11 is 0. The Morgan fingerprint density at radius 2 is 1.00 bits per heavy atom. The first kappa shape index (κ1) is 23.5. The highest BCUT2D eigenvalue weighted by molar-refractivity contribution is 5.85. The molecule has 0 saturated carbocycles. The molecule has 2 rings (SSSR count). The molecular weight excluding hydrogens is 359 g/mol. The highest BCUT2D eigenvalue weighted by Gasteiger charge is 1.96. The zero-order valence-corrected chi connectivity index (χ0v) is 16.4. The van der Waals surface area contributed by atoms with Gasteiger partial charge in [-0.3, -0.25) is 0 Å². The van der Waals surface area contributed by atoms with Crippen molar-refractivity contribution in [3.63, 3.8) is 0 Å². The van der Waals surface area contributed by atoms with Gasteiger partial charge in [0.15, 0.2) is 0 Å². The maximum atomic E-state index is 5.15. The van der Waals surface area contributed by atoms with Crippen LogP contribution in [0.2, 0.25) is 0 Å². The van der Waals surface area contributed by atoms with Crippen molar-refractivity contribution in [2.75, 3.05) is 27.3 Å². The standard InChI is InChI=1S/C19H26N2O2.2ClH/c1-22-18-8-4-16(5-9-18)14-20-12-3-13-21-15-17-6-10-19(23-2)11-7-17;;/h4-11,20-21H,3,12-15H2,1-2H3;2*1H. The third kappa shape index (κ3) is 8.98. The van der Waals surface area contributed by atoms with Gasteiger partial charge in [-0.2, -0.15) is 0 Å². The van der Waals surface area contributed by atoms with E-state index in [0.29, 0.717) is 0 Å². The van der Waals surface area contributed by atoms with Crippen molar-refractivity contribution in [1.29, 1.82) is 0 Å². The second-order valence-corrected chi connectivity index (χ2v) is 5.40. The molecule has 0 bridgehead atoms. The fourth-order valence-corrected chi connectivity index (χ4v) is 2.29. The van der Waals surface area contributed by atoms with Crippen LogP contribution in [-0.2, 0) is 13.1 Å². The van der Waals surface area contributed by atoms with Gasteiger partial charge in [-0.15, -0.1) is 24.8 Å². The number of hydrogen-bond acceptors (Lipinski definition) is 4. The van der Waals surface area contributed by atoms with Gasteiger partial charge in [0.2, 0.25) is 0 Å². The number of halogens is 2. The molecule has 4 nitrogen and oxygen atoms in total. The summed E-state index contributed by atoms with van der Waals surface area (Å²) in [5.74, 6) is 1.80. The maximum absolute atomic E-state index is 5.15. The van der Waals surface area contributed by atoms with Gasteiger partial charge < -0.3 is 20.1 Å². The van der Waals surface area contributed by atoms with Gasteiger partial charge in [-0.1, -0.05) is 24.3 Å². The third-order valence-corrected chi connectivity index (χ3v) is 3.68. The van der Waals surface area contributed by atoms with Crippen molar-refractivity contribution >= 4 is 24.8 Å². The van der Waals surface area contributed by atoms with Gasteiger partial charge in [0, 0.05) is 13.1 Å². The lowest BCUT2D eigenvalue weighted by Crippen LogP contribution is -2.21. The largest absolute Gasteiger partial charge is 0.497 e. The zero-order chi connectivity index (χ0) is 16.3. The normalized spacial score (nSPS) is 9.68. The lowest BCUT2D eigenvalue weighted by molar-refractivity contribution is 0.414. The Kier molecular flexibility index (Phi) is 13.0. The van der Waals surface area contributed by atoms with Crippen molar-refractivity contribution in [1.82, 2.24) is 10.6 Å². The molecule has 0 saturated heterocycles. The van der Waals surface area contributed by atoms with Crippen LogP contribution in [0.5, 0.6) is 11.5 Å². The van der Waals surface area contributed by atoms with E-state index in [2.05, 4.69) is 34.9 Å². The van der Waals surface area contributed by atoms with Crippen LogP contribution in [-0.4, -0.2) is 27.3 Å². The van der Waals surface area contributed by atoms with E-state index in [1.165, 1.54) is 11.1 Å². The Balaban J connectivity index is 0.00000288. The zero-order valence-electron chi connectivity index (χ0n) is 14.8. The number of ether oxygens (including phenoxy) is 2. The first-order valence-corrected chi connectivity index (χ1v) is 7.99. The van der Waals surface area contributed by atoms with Gasteiger partial charge in [-0.25, -0.2) is 0 Å². The summed E-state index contributed by atoms with van der Waals surface area (Å²) in [5, 5.41) is 6.91. The van der Waals surface area contributed by atoms with Crippen molar-refractivity contribution < 1.29 is 9.47 Å². The molecule has 6 heteroatoms. The maximum Gasteiger partial charge on any atom is 0.118 e. The predicted octanol–water partition coefficient (Wildman–Crippen LogP) is 3.82. The molecule has 0 aliphatic heterocycles. The molecule has 2 N–H and O–H groups in total. The number of nitrogens with one attached hydrogen (secondary N) is 2. The molecule has 0 aliphatic rings. The molecule has 0 fully saturated rings. The molecule has 0 aromatic heterocycles. The number of rotatable bonds is 10. The first-order valence-electron chi connectivity index (χ1n) is 7.99. The molecule has 0 atom stereocenters. The molecule has 0 unspecified atom stereocenters. The van der Waals surface area contributed by atoms with Crippen LogP contribution in [0.1, 0.15) is 17.5 Å². The van der Waals surface area contributed by atoms with Crippen molar-refractivity contribution in [2.24, 2.45) is 0 Å². The van der Waals surface area contributed by atoms with E-state index in [0.717, 1.165) is 44.1 Å².